The molecule has 5 heteroatoms. The smallest absolute Gasteiger partial charge is 0.251 e. The Bertz CT molecular complexity index is 1670. The van der Waals surface area contributed by atoms with Gasteiger partial charge in [0.25, 0.3) is 5.91 Å². The van der Waals surface area contributed by atoms with Crippen molar-refractivity contribution in [2.75, 3.05) is 7.05 Å². The number of hydrogen-bond donors (Lipinski definition) is 2. The van der Waals surface area contributed by atoms with Crippen molar-refractivity contribution in [2.24, 2.45) is 0 Å². The Hall–Kier alpha value is -5.00. The Labute approximate surface area is 233 Å². The van der Waals surface area contributed by atoms with E-state index >= 15 is 0 Å². The molecule has 1 atom stereocenters. The van der Waals surface area contributed by atoms with Gasteiger partial charge in [0.05, 0.1) is 12.0 Å². The molecule has 2 N–H and O–H groups in total. The molecule has 1 unspecified atom stereocenters. The quantitative estimate of drug-likeness (QED) is 0.241. The number of rotatable bonds is 7. The van der Waals surface area contributed by atoms with Crippen LogP contribution in [0.2, 0.25) is 0 Å². The van der Waals surface area contributed by atoms with Crippen molar-refractivity contribution in [1.29, 1.82) is 0 Å². The van der Waals surface area contributed by atoms with Crippen molar-refractivity contribution in [3.05, 3.63) is 173 Å². The van der Waals surface area contributed by atoms with Gasteiger partial charge in [0.1, 0.15) is 11.6 Å². The fourth-order valence-electron chi connectivity index (χ4n) is 5.54. The van der Waals surface area contributed by atoms with Gasteiger partial charge in [-0.05, 0) is 51.2 Å². The number of fused-ring (bicyclic) bond motifs is 1. The lowest BCUT2D eigenvalue weighted by molar-refractivity contribution is 0.0963. The van der Waals surface area contributed by atoms with Crippen LogP contribution in [0.5, 0.6) is 0 Å². The predicted molar refractivity (Wildman–Crippen MR) is 158 cm³/mol. The molecule has 0 radical (unpaired) electrons. The monoisotopic (exact) mass is 523 g/mol. The SMILES string of the molecule is CNC(=O)c1ccc2cc(C(O)c3cn(C(c4ccccc4)(c4ccccc4)c4ccccc4)cn3)ccc2c1. The van der Waals surface area contributed by atoms with E-state index in [2.05, 4.69) is 46.3 Å². The highest BCUT2D eigenvalue weighted by Gasteiger charge is 2.38. The Morgan fingerprint density at radius 1 is 0.750 bits per heavy atom. The summed E-state index contributed by atoms with van der Waals surface area (Å²) in [4.78, 5) is 16.8. The first-order valence-electron chi connectivity index (χ1n) is 13.3. The molecule has 0 saturated heterocycles. The summed E-state index contributed by atoms with van der Waals surface area (Å²) in [6.45, 7) is 0. The zero-order valence-corrected chi connectivity index (χ0v) is 22.1. The van der Waals surface area contributed by atoms with Crippen LogP contribution >= 0.6 is 0 Å². The summed E-state index contributed by atoms with van der Waals surface area (Å²) in [6.07, 6.45) is 2.82. The first-order valence-corrected chi connectivity index (χ1v) is 13.3. The van der Waals surface area contributed by atoms with Crippen LogP contribution in [0.3, 0.4) is 0 Å². The van der Waals surface area contributed by atoms with E-state index in [0.29, 0.717) is 11.3 Å². The van der Waals surface area contributed by atoms with Crippen LogP contribution in [0, 0.1) is 0 Å². The van der Waals surface area contributed by atoms with Crippen LogP contribution in [0.25, 0.3) is 10.8 Å². The number of nitrogens with zero attached hydrogens (tertiary/aromatic N) is 2. The second-order valence-electron chi connectivity index (χ2n) is 9.82. The molecule has 0 fully saturated rings. The van der Waals surface area contributed by atoms with E-state index in [9.17, 15) is 9.90 Å². The number of aromatic nitrogens is 2. The lowest BCUT2D eigenvalue weighted by atomic mass is 9.77. The fraction of sp³-hybridized carbons (Fsp3) is 0.0857. The normalized spacial score (nSPS) is 12.2. The summed E-state index contributed by atoms with van der Waals surface area (Å²) >= 11 is 0. The third-order valence-corrected chi connectivity index (χ3v) is 7.51. The third kappa shape index (κ3) is 4.36. The maximum atomic E-state index is 12.0. The van der Waals surface area contributed by atoms with Gasteiger partial charge in [0.2, 0.25) is 0 Å². The molecule has 0 spiro atoms. The van der Waals surface area contributed by atoms with Gasteiger partial charge in [0, 0.05) is 18.8 Å². The average Bonchev–Trinajstić information content (AvgIpc) is 3.52. The lowest BCUT2D eigenvalue weighted by Gasteiger charge is -2.37. The molecular formula is C35H29N3O2. The first-order chi connectivity index (χ1) is 19.6. The number of benzene rings is 5. The van der Waals surface area contributed by atoms with E-state index in [4.69, 9.17) is 4.98 Å². The third-order valence-electron chi connectivity index (χ3n) is 7.51. The maximum Gasteiger partial charge on any atom is 0.251 e. The van der Waals surface area contributed by atoms with E-state index in [1.54, 1.807) is 13.1 Å². The highest BCUT2D eigenvalue weighted by atomic mass is 16.3. The molecule has 1 heterocycles. The second kappa shape index (κ2) is 10.6. The highest BCUT2D eigenvalue weighted by molar-refractivity contribution is 5.98. The first kappa shape index (κ1) is 25.3. The van der Waals surface area contributed by atoms with E-state index < -0.39 is 11.6 Å². The summed E-state index contributed by atoms with van der Waals surface area (Å²) in [6, 6.07) is 42.5. The van der Waals surface area contributed by atoms with Crippen LogP contribution in [-0.2, 0) is 5.54 Å². The Morgan fingerprint density at radius 2 is 1.27 bits per heavy atom. The Kier molecular flexibility index (Phi) is 6.72. The van der Waals surface area contributed by atoms with Crippen LogP contribution in [0.1, 0.15) is 44.4 Å². The van der Waals surface area contributed by atoms with Gasteiger partial charge in [-0.15, -0.1) is 0 Å². The lowest BCUT2D eigenvalue weighted by Crippen LogP contribution is -2.37. The maximum absolute atomic E-state index is 12.0. The molecule has 0 aliphatic carbocycles. The Morgan fingerprint density at radius 3 is 1.82 bits per heavy atom. The predicted octanol–water partition coefficient (Wildman–Crippen LogP) is 6.32. The number of hydrogen-bond acceptors (Lipinski definition) is 3. The van der Waals surface area contributed by atoms with Crippen LogP contribution in [0.15, 0.2) is 140 Å². The van der Waals surface area contributed by atoms with E-state index in [0.717, 1.165) is 33.0 Å². The number of aliphatic hydroxyl groups excluding tert-OH is 1. The summed E-state index contributed by atoms with van der Waals surface area (Å²) in [7, 11) is 1.62. The number of carbonyl (C=O) groups is 1. The molecule has 5 nitrogen and oxygen atoms in total. The minimum absolute atomic E-state index is 0.129. The van der Waals surface area contributed by atoms with Gasteiger partial charge in [-0.3, -0.25) is 4.79 Å². The van der Waals surface area contributed by atoms with Crippen LogP contribution in [0.4, 0.5) is 0 Å². The minimum Gasteiger partial charge on any atom is -0.382 e. The van der Waals surface area contributed by atoms with Crippen molar-refractivity contribution < 1.29 is 9.90 Å². The summed E-state index contributed by atoms with van der Waals surface area (Å²) in [5.41, 5.74) is 4.44. The molecule has 6 rings (SSSR count). The van der Waals surface area contributed by atoms with Crippen molar-refractivity contribution in [2.45, 2.75) is 11.6 Å². The van der Waals surface area contributed by atoms with Crippen molar-refractivity contribution in [3.63, 3.8) is 0 Å². The van der Waals surface area contributed by atoms with Gasteiger partial charge >= 0.3 is 0 Å². The zero-order chi connectivity index (χ0) is 27.5. The molecule has 5 aromatic carbocycles. The fourth-order valence-corrected chi connectivity index (χ4v) is 5.54. The van der Waals surface area contributed by atoms with Gasteiger partial charge < -0.3 is 15.0 Å². The molecule has 0 saturated carbocycles. The molecule has 1 aromatic heterocycles. The molecular weight excluding hydrogens is 494 g/mol. The summed E-state index contributed by atoms with van der Waals surface area (Å²) < 4.78 is 2.10. The van der Waals surface area contributed by atoms with Crippen molar-refractivity contribution >= 4 is 16.7 Å². The molecule has 6 aromatic rings. The van der Waals surface area contributed by atoms with Gasteiger partial charge in [-0.25, -0.2) is 4.98 Å². The average molecular weight is 524 g/mol. The molecule has 196 valence electrons. The number of carbonyl (C=O) groups excluding carboxylic acids is 1. The highest BCUT2D eigenvalue weighted by Crippen LogP contribution is 2.41. The Balaban J connectivity index is 1.46. The van der Waals surface area contributed by atoms with Crippen LogP contribution in [-0.4, -0.2) is 27.6 Å². The number of nitrogens with one attached hydrogen (secondary N) is 1. The van der Waals surface area contributed by atoms with Gasteiger partial charge in [-0.1, -0.05) is 109 Å². The largest absolute Gasteiger partial charge is 0.382 e. The molecule has 0 bridgehead atoms. The number of imidazole rings is 1. The topological polar surface area (TPSA) is 67.2 Å². The van der Waals surface area contributed by atoms with E-state index in [-0.39, 0.29) is 5.91 Å². The van der Waals surface area contributed by atoms with Crippen molar-refractivity contribution in [1.82, 2.24) is 14.9 Å². The second-order valence-corrected chi connectivity index (χ2v) is 9.82. The summed E-state index contributed by atoms with van der Waals surface area (Å²) in [5, 5.41) is 16.0. The molecule has 40 heavy (non-hydrogen) atoms. The van der Waals surface area contributed by atoms with E-state index in [1.165, 1.54) is 0 Å². The molecule has 0 aliphatic rings. The number of amides is 1. The standard InChI is InChI=1S/C35H29N3O2/c1-36-34(40)28-20-18-25-21-27(19-17-26(25)22-28)33(39)32-23-38(24-37-32)35(29-11-5-2-6-12-29,30-13-7-3-8-14-30)31-15-9-4-10-16-31/h2-24,33,39H,1H3,(H,36,40). The van der Waals surface area contributed by atoms with Crippen molar-refractivity contribution in [3.8, 4) is 0 Å². The summed E-state index contributed by atoms with van der Waals surface area (Å²) in [5.74, 6) is -0.129. The zero-order valence-electron chi connectivity index (χ0n) is 22.1. The molecule has 1 amide bonds. The van der Waals surface area contributed by atoms with E-state index in [1.807, 2.05) is 97.5 Å². The number of aliphatic hydroxyl groups is 1. The van der Waals surface area contributed by atoms with Gasteiger partial charge in [-0.2, -0.15) is 0 Å². The van der Waals surface area contributed by atoms with Gasteiger partial charge in [0.15, 0.2) is 0 Å². The van der Waals surface area contributed by atoms with Crippen LogP contribution < -0.4 is 5.32 Å². The molecule has 0 aliphatic heterocycles. The minimum atomic E-state index is -0.927.